The third kappa shape index (κ3) is 7.86. The Morgan fingerprint density at radius 1 is 1.00 bits per heavy atom. The zero-order chi connectivity index (χ0) is 26.2. The van der Waals surface area contributed by atoms with Crippen LogP contribution in [0.25, 0.3) is 22.3 Å². The molecule has 0 saturated heterocycles. The largest absolute Gasteiger partial charge is 0.470 e. The average Bonchev–Trinajstić information content (AvgIpc) is 3.47. The van der Waals surface area contributed by atoms with Gasteiger partial charge in [-0.2, -0.15) is 4.98 Å². The summed E-state index contributed by atoms with van der Waals surface area (Å²) >= 11 is 0. The molecule has 0 aliphatic carbocycles. The molecule has 0 aromatic carbocycles. The Morgan fingerprint density at radius 3 is 2.06 bits per heavy atom. The second-order valence-corrected chi connectivity index (χ2v) is 7.51. The van der Waals surface area contributed by atoms with Gasteiger partial charge in [-0.25, -0.2) is 19.5 Å². The Hall–Kier alpha value is -3.84. The molecule has 0 saturated carbocycles. The van der Waals surface area contributed by atoms with Crippen LogP contribution in [0.1, 0.15) is 0 Å². The first-order chi connectivity index (χ1) is 16.5. The van der Waals surface area contributed by atoms with Gasteiger partial charge < -0.3 is 50.6 Å². The van der Waals surface area contributed by atoms with Crippen molar-refractivity contribution in [1.82, 2.24) is 39.9 Å². The highest BCUT2D eigenvalue weighted by Crippen LogP contribution is 2.38. The summed E-state index contributed by atoms with van der Waals surface area (Å²) < 4.78 is 14.1. The Morgan fingerprint density at radius 2 is 1.54 bits per heavy atom. The molecule has 4 aromatic rings. The zero-order valence-electron chi connectivity index (χ0n) is 17.3. The van der Waals surface area contributed by atoms with Gasteiger partial charge in [-0.1, -0.05) is 0 Å². The molecule has 0 radical (unpaired) electrons. The lowest BCUT2D eigenvalue weighted by Crippen LogP contribution is -2.41. The van der Waals surface area contributed by atoms with Crippen LogP contribution in [0.15, 0.2) is 28.6 Å². The van der Waals surface area contributed by atoms with E-state index in [1.54, 1.807) is 0 Å². The van der Waals surface area contributed by atoms with E-state index < -0.39 is 32.7 Å². The maximum absolute atomic E-state index is 11.0. The van der Waals surface area contributed by atoms with Gasteiger partial charge in [0.15, 0.2) is 34.7 Å². The number of carbonyl (C=O) groups excluding carboxylic acids is 1. The van der Waals surface area contributed by atoms with E-state index in [9.17, 15) is 18.9 Å². The second kappa shape index (κ2) is 12.0. The first-order valence-corrected chi connectivity index (χ1v) is 10.7. The lowest BCUT2D eigenvalue weighted by molar-refractivity contribution is -0.126. The van der Waals surface area contributed by atoms with Crippen molar-refractivity contribution in [2.45, 2.75) is 18.3 Å². The molecule has 0 unspecified atom stereocenters. The fourth-order valence-corrected chi connectivity index (χ4v) is 2.78. The molecule has 0 amide bonds. The first kappa shape index (κ1) is 27.4. The molecule has 4 rings (SSSR count). The molecule has 0 aliphatic heterocycles. The quantitative estimate of drug-likeness (QED) is 0.0867. The standard InChI is InChI=1S/C5H5N5O.C5H4N4O.C5H11O8P/c6-5-9-3-2(4(11)10-5)7-1-8-3;10-5-3-4(7-1-6-3)8-2-9-5;6-1-3(8)5(9)4(2-7)13-14(10,11)12/h1H,(H4,6,7,8,9,10,11);1-2H,(H2,6,7,8,9,10);2-6,8-9H,1H2,(H2,10,11,12)/t;;3-,4+,5-/m..1/s1. The van der Waals surface area contributed by atoms with Crippen molar-refractivity contribution in [3.63, 3.8) is 0 Å². The van der Waals surface area contributed by atoms with E-state index in [0.29, 0.717) is 22.3 Å². The predicted molar refractivity (Wildman–Crippen MR) is 116 cm³/mol. The van der Waals surface area contributed by atoms with Crippen LogP contribution in [0.4, 0.5) is 5.95 Å². The molecular formula is C15H20N9O10P. The number of imidazole rings is 2. The topological polar surface area (TPSA) is 319 Å². The SMILES string of the molecule is Nc1nc2nc[nH]c2c(=O)[nH]1.O=C[C@H](OP(=O)(O)O)[C@H](O)[C@H](O)CO.O=c1[nH]cnc2nc[nH]c12. The van der Waals surface area contributed by atoms with Crippen molar-refractivity contribution in [2.24, 2.45) is 0 Å². The predicted octanol–water partition coefficient (Wildman–Crippen LogP) is -3.75. The minimum absolute atomic E-state index is 0.0783. The number of aliphatic hydroxyl groups excluding tert-OH is 3. The molecule has 4 heterocycles. The van der Waals surface area contributed by atoms with Gasteiger partial charge >= 0.3 is 7.82 Å². The number of nitrogen functional groups attached to an aromatic ring is 1. The number of nitrogens with zero attached hydrogens (tertiary/aromatic N) is 4. The number of aliphatic hydroxyl groups is 3. The molecule has 11 N–H and O–H groups in total. The molecule has 4 aromatic heterocycles. The zero-order valence-corrected chi connectivity index (χ0v) is 18.2. The molecule has 3 atom stereocenters. The van der Waals surface area contributed by atoms with E-state index in [2.05, 4.69) is 44.4 Å². The van der Waals surface area contributed by atoms with Gasteiger partial charge in [0.05, 0.1) is 25.6 Å². The highest BCUT2D eigenvalue weighted by atomic mass is 31.2. The van der Waals surface area contributed by atoms with Crippen molar-refractivity contribution in [2.75, 3.05) is 12.3 Å². The second-order valence-electron chi connectivity index (χ2n) is 6.32. The van der Waals surface area contributed by atoms with Crippen LogP contribution in [0.3, 0.4) is 0 Å². The number of aromatic nitrogens is 8. The van der Waals surface area contributed by atoms with Crippen molar-refractivity contribution in [3.8, 4) is 0 Å². The average molecular weight is 517 g/mol. The van der Waals surface area contributed by atoms with Crippen molar-refractivity contribution in [1.29, 1.82) is 0 Å². The number of carbonyl (C=O) groups is 1. The summed E-state index contributed by atoms with van der Waals surface area (Å²) in [6, 6.07) is 0. The molecule has 0 bridgehead atoms. The number of rotatable bonds is 6. The Balaban J connectivity index is 0.000000187. The highest BCUT2D eigenvalue weighted by molar-refractivity contribution is 7.46. The van der Waals surface area contributed by atoms with Crippen molar-refractivity contribution in [3.05, 3.63) is 39.7 Å². The lowest BCUT2D eigenvalue weighted by atomic mass is 10.1. The molecule has 20 heteroatoms. The third-order valence-electron chi connectivity index (χ3n) is 3.85. The number of aldehydes is 1. The monoisotopic (exact) mass is 517 g/mol. The van der Waals surface area contributed by atoms with Gasteiger partial charge in [0, 0.05) is 0 Å². The molecule has 0 spiro atoms. The van der Waals surface area contributed by atoms with Crippen molar-refractivity contribution < 1.29 is 39.0 Å². The summed E-state index contributed by atoms with van der Waals surface area (Å²) in [6.45, 7) is -0.865. The van der Waals surface area contributed by atoms with E-state index in [4.69, 9.17) is 30.8 Å². The Kier molecular flexibility index (Phi) is 9.42. The molecule has 0 fully saturated rings. The summed E-state index contributed by atoms with van der Waals surface area (Å²) in [6.07, 6.45) is -1.42. The van der Waals surface area contributed by atoms with Gasteiger partial charge in [-0.3, -0.25) is 19.1 Å². The minimum Gasteiger partial charge on any atom is -0.394 e. The number of H-pyrrole nitrogens is 4. The number of nitrogens with two attached hydrogens (primary N) is 1. The molecule has 35 heavy (non-hydrogen) atoms. The summed E-state index contributed by atoms with van der Waals surface area (Å²) in [5.41, 5.74) is 6.32. The van der Waals surface area contributed by atoms with Gasteiger partial charge in [0.1, 0.15) is 12.2 Å². The van der Waals surface area contributed by atoms with E-state index >= 15 is 0 Å². The molecule has 0 aliphatic rings. The van der Waals surface area contributed by atoms with E-state index in [-0.39, 0.29) is 23.4 Å². The van der Waals surface area contributed by atoms with Crippen LogP contribution in [0.2, 0.25) is 0 Å². The molecular weight excluding hydrogens is 497 g/mol. The number of aromatic amines is 4. The summed E-state index contributed by atoms with van der Waals surface area (Å²) in [5.74, 6) is 0.0783. The summed E-state index contributed by atoms with van der Waals surface area (Å²) in [7, 11) is -4.93. The molecule has 19 nitrogen and oxygen atoms in total. The third-order valence-corrected chi connectivity index (χ3v) is 4.37. The van der Waals surface area contributed by atoms with Crippen LogP contribution in [-0.2, 0) is 13.9 Å². The number of phosphoric ester groups is 1. The number of nitrogens with one attached hydrogen (secondary N) is 4. The van der Waals surface area contributed by atoms with Gasteiger partial charge in [-0.15, -0.1) is 0 Å². The first-order valence-electron chi connectivity index (χ1n) is 9.18. The number of phosphoric acid groups is 1. The maximum Gasteiger partial charge on any atom is 0.470 e. The van der Waals surface area contributed by atoms with Crippen molar-refractivity contribution >= 4 is 42.4 Å². The maximum atomic E-state index is 11.0. The summed E-state index contributed by atoms with van der Waals surface area (Å²) in [4.78, 5) is 73.9. The van der Waals surface area contributed by atoms with E-state index in [1.165, 1.54) is 19.0 Å². The fraction of sp³-hybridized carbons (Fsp3) is 0.267. The lowest BCUT2D eigenvalue weighted by Gasteiger charge is -2.21. The van der Waals surface area contributed by atoms with Crippen LogP contribution < -0.4 is 16.9 Å². The van der Waals surface area contributed by atoms with Gasteiger partial charge in [0.25, 0.3) is 11.1 Å². The van der Waals surface area contributed by atoms with Crippen LogP contribution in [0, 0.1) is 0 Å². The number of fused-ring (bicyclic) bond motifs is 2. The van der Waals surface area contributed by atoms with Gasteiger partial charge in [-0.05, 0) is 0 Å². The smallest absolute Gasteiger partial charge is 0.394 e. The normalized spacial score (nSPS) is 13.7. The molecule has 190 valence electrons. The highest BCUT2D eigenvalue weighted by Gasteiger charge is 2.32. The van der Waals surface area contributed by atoms with E-state index in [0.717, 1.165) is 0 Å². The van der Waals surface area contributed by atoms with Crippen LogP contribution in [0.5, 0.6) is 0 Å². The number of anilines is 1. The summed E-state index contributed by atoms with van der Waals surface area (Å²) in [5, 5.41) is 26.2. The Labute approximate surface area is 192 Å². The number of hydrogen-bond donors (Lipinski definition) is 10. The van der Waals surface area contributed by atoms with Gasteiger partial charge in [0.2, 0.25) is 5.95 Å². The fourth-order valence-electron chi connectivity index (χ4n) is 2.29. The minimum atomic E-state index is -4.93. The van der Waals surface area contributed by atoms with E-state index in [1.807, 2.05) is 0 Å². The van der Waals surface area contributed by atoms with Crippen LogP contribution >= 0.6 is 7.82 Å². The number of hydrogen-bond acceptors (Lipinski definition) is 13. The Bertz CT molecular complexity index is 1410. The van der Waals surface area contributed by atoms with Crippen LogP contribution in [-0.4, -0.2) is 96.2 Å².